The van der Waals surface area contributed by atoms with Crippen LogP contribution >= 0.6 is 23.2 Å². The van der Waals surface area contributed by atoms with Crippen LogP contribution < -0.4 is 52.3 Å². The number of Topliss-reactive ketones (excluding diaryl/α,β-unsaturated/α-hetero) is 2. The summed E-state index contributed by atoms with van der Waals surface area (Å²) in [7, 11) is 1.47. The number of hydrogen-bond acceptors (Lipinski definition) is 30. The first-order valence-corrected chi connectivity index (χ1v) is 36.2. The second kappa shape index (κ2) is 34.2. The molecule has 23 atom stereocenters. The number of ether oxygens (including phenoxy) is 8. The van der Waals surface area contributed by atoms with Crippen LogP contribution in [0.1, 0.15) is 118 Å². The minimum atomic E-state index is -2.37. The van der Waals surface area contributed by atoms with Gasteiger partial charge in [0.25, 0.3) is 0 Å². The fraction of sp³-hybridized carbons (Fsp3) is 0.473. The zero-order chi connectivity index (χ0) is 81.5. The number of carbonyl (C=O) groups is 9. The Kier molecular flexibility index (Phi) is 25.5. The molecule has 8 aliphatic heterocycles. The Bertz CT molecular complexity index is 4460. The molecule has 38 heteroatoms. The largest absolute Gasteiger partial charge is 0.508 e. The molecule has 0 spiro atoms. The number of aldehydes is 1. The number of aliphatic carboxylic acids is 1. The van der Waals surface area contributed by atoms with Crippen molar-refractivity contribution in [2.24, 2.45) is 23.3 Å². The highest BCUT2D eigenvalue weighted by atomic mass is 35.5. The molecule has 8 heterocycles. The number of likely N-dealkylation sites (N-methyl/N-ethyl adjacent to an activating group) is 1. The zero-order valence-electron chi connectivity index (χ0n) is 60.3. The average Bonchev–Trinajstić information content (AvgIpc) is 0.765. The quantitative estimate of drug-likeness (QED) is 0.0583. The predicted molar refractivity (Wildman–Crippen MR) is 384 cm³/mol. The Hall–Kier alpha value is -9.29. The van der Waals surface area contributed by atoms with Gasteiger partial charge in [-0.05, 0) is 110 Å². The highest BCUT2D eigenvalue weighted by Crippen LogP contribution is 2.51. The third-order valence-corrected chi connectivity index (χ3v) is 20.9. The van der Waals surface area contributed by atoms with Crippen molar-refractivity contribution in [3.63, 3.8) is 0 Å². The number of aliphatic hydroxyl groups excluding tert-OH is 8. The Morgan fingerprint density at radius 1 is 0.714 bits per heavy atom. The van der Waals surface area contributed by atoms with Crippen LogP contribution in [0, 0.1) is 11.8 Å². The Labute approximate surface area is 647 Å². The minimum absolute atomic E-state index is 0.0863. The highest BCUT2D eigenvalue weighted by Gasteiger charge is 2.53. The molecule has 3 fully saturated rings. The lowest BCUT2D eigenvalue weighted by Gasteiger charge is -2.45. The lowest BCUT2D eigenvalue weighted by molar-refractivity contribution is -0.346. The molecular formula is C74H85Cl2N7O29. The predicted octanol–water partition coefficient (Wildman–Crippen LogP) is 0.113. The van der Waals surface area contributed by atoms with Crippen LogP contribution in [0.4, 0.5) is 0 Å². The number of phenols is 3. The Morgan fingerprint density at radius 2 is 1.36 bits per heavy atom. The van der Waals surface area contributed by atoms with Crippen molar-refractivity contribution in [1.29, 1.82) is 0 Å². The lowest BCUT2D eigenvalue weighted by atomic mass is 9.84. The van der Waals surface area contributed by atoms with Crippen LogP contribution in [0.25, 0.3) is 11.1 Å². The standard InChI is InChI=1S/C74H85Cl2N7O29/c1-26(2)12-39(79-5)69(101)82-55-42(89)16-32(19-50(77)91)67(99)80-53-31-17-46(106-44-10-7-29(57(55)92)14-37(44)75)64(111-73-62(97)60(95)65(49(25-85)109-73)112-72-61(96)59(94)58(93)48(24-84)108-72)47(18-31)107-45-11-8-30(15-38(45)76)63(110-51-23-74(4,78)66(98)27(3)105-51)56-70(102)81-54(71(103)104)36-20-33(86)21-41(88)52(36)35-13-28(6-9-40(35)87)34(22-43(53)90)68(100)83-56/h6-11,13-15,17-18,20-21,24,26-27,32,34,39,48-49,51,53-63,65-66,72-73,79,85-88,92-98H,12,16,19,22-23,25,78H2,1-5H3,(H2,77,91)(H,80,99)(H,81,102)(H,82,101)(H,83,100)(H,103,104)/t27-,32-,34+,39+,48+,49+,51-,53+,54+,55-,56?,57+,58-,59-,60+,61+,62+,63?,65+,66-,72?,73?,74-/m0/s1. The number of fused-ring (bicyclic) bond motifs is 15. The number of carbonyl (C=O) groups excluding carboxylic acids is 8. The molecule has 8 aliphatic rings. The van der Waals surface area contributed by atoms with Crippen LogP contribution in [0.15, 0.2) is 78.9 Å². The number of benzene rings is 5. The minimum Gasteiger partial charge on any atom is -0.508 e. The maximum atomic E-state index is 16.4. The fourth-order valence-corrected chi connectivity index (χ4v) is 14.9. The summed E-state index contributed by atoms with van der Waals surface area (Å²) in [4.78, 5) is 132. The van der Waals surface area contributed by atoms with Crippen molar-refractivity contribution in [2.45, 2.75) is 194 Å². The van der Waals surface area contributed by atoms with Gasteiger partial charge in [0.1, 0.15) is 108 Å². The van der Waals surface area contributed by atoms with E-state index in [-0.39, 0.29) is 47.5 Å². The number of nitrogens with two attached hydrogens (primary N) is 2. The molecule has 11 bridgehead atoms. The molecule has 0 aromatic heterocycles. The summed E-state index contributed by atoms with van der Waals surface area (Å²) in [5.74, 6) is -19.5. The van der Waals surface area contributed by atoms with E-state index in [1.165, 1.54) is 39.1 Å². The first-order chi connectivity index (χ1) is 52.9. The normalized spacial score (nSPS) is 32.0. The monoisotopic (exact) mass is 1610 g/mol. The molecule has 3 saturated heterocycles. The zero-order valence-corrected chi connectivity index (χ0v) is 61.8. The summed E-state index contributed by atoms with van der Waals surface area (Å²) in [6.45, 7) is 5.42. The number of hydrogen-bond donors (Lipinski definition) is 19. The summed E-state index contributed by atoms with van der Waals surface area (Å²) >= 11 is 14.4. The van der Waals surface area contributed by atoms with Gasteiger partial charge in [0.05, 0.1) is 46.7 Å². The molecular weight excluding hydrogens is 1520 g/mol. The number of amides is 5. The van der Waals surface area contributed by atoms with Crippen molar-refractivity contribution in [2.75, 3.05) is 13.7 Å². The van der Waals surface area contributed by atoms with E-state index in [1.54, 1.807) is 0 Å². The van der Waals surface area contributed by atoms with Crippen LogP contribution in [0.5, 0.6) is 46.0 Å². The molecule has 13 rings (SSSR count). The molecule has 4 unspecified atom stereocenters. The number of primary amides is 1. The number of aromatic hydroxyl groups is 3. The van der Waals surface area contributed by atoms with Gasteiger partial charge in [0, 0.05) is 54.0 Å². The van der Waals surface area contributed by atoms with Crippen LogP contribution in [-0.4, -0.2) is 232 Å². The first-order valence-electron chi connectivity index (χ1n) is 35.4. The van der Waals surface area contributed by atoms with E-state index in [0.29, 0.717) is 0 Å². The fourth-order valence-electron chi connectivity index (χ4n) is 14.4. The second-order valence-electron chi connectivity index (χ2n) is 29.0. The van der Waals surface area contributed by atoms with Crippen LogP contribution in [0.3, 0.4) is 0 Å². The van der Waals surface area contributed by atoms with Crippen molar-refractivity contribution in [1.82, 2.24) is 26.6 Å². The van der Waals surface area contributed by atoms with Crippen LogP contribution in [-0.2, 0) is 66.8 Å². The Balaban J connectivity index is 1.16. The van der Waals surface area contributed by atoms with Crippen molar-refractivity contribution in [3.8, 4) is 57.1 Å². The number of ketones is 2. The van der Waals surface area contributed by atoms with Gasteiger partial charge in [-0.15, -0.1) is 0 Å². The maximum Gasteiger partial charge on any atom is 0.330 e. The van der Waals surface area contributed by atoms with Crippen molar-refractivity contribution >= 4 is 76.6 Å². The van der Waals surface area contributed by atoms with E-state index >= 15 is 24.0 Å². The average molecular weight is 1610 g/mol. The van der Waals surface area contributed by atoms with E-state index < -0.39 is 285 Å². The van der Waals surface area contributed by atoms with Gasteiger partial charge < -0.3 is 142 Å². The SMILES string of the molecule is CN[C@H](CC(C)C)C(=O)N[C@H]1C(=O)C[C@@H](CC(N)=O)C(=O)N[C@H]2C(=O)C[C@H]3C(=O)NC(C(=O)N[C@@H](C(=O)O)c4cc(O)cc(O)c4-c4cc3ccc4O)C(O[C@H]3C[C@](C)(N)[C@@H](O)[C@H](C)O3)c3ccc(c(Cl)c3)Oc3cc2cc(c3OC2O[C@H](CO)[C@@H](OC3O[C@H](C=O)[C@H](O)[C@H](O)[C@H]3O)[C@H](O)[C@H]2O)Oc2ccc(cc2Cl)[C@H]1O. The highest BCUT2D eigenvalue weighted by molar-refractivity contribution is 6.32. The van der Waals surface area contributed by atoms with E-state index in [1.807, 2.05) is 13.8 Å². The molecule has 0 saturated carbocycles. The van der Waals surface area contributed by atoms with Gasteiger partial charge in [-0.25, -0.2) is 4.79 Å². The third kappa shape index (κ3) is 17.6. The number of aliphatic hydroxyl groups is 8. The van der Waals surface area contributed by atoms with E-state index in [4.69, 9.17) is 72.6 Å². The second-order valence-corrected chi connectivity index (χ2v) is 29.8. The molecule has 0 aliphatic carbocycles. The van der Waals surface area contributed by atoms with Gasteiger partial charge in [-0.2, -0.15) is 0 Å². The van der Waals surface area contributed by atoms with Gasteiger partial charge in [-0.1, -0.05) is 55.2 Å². The van der Waals surface area contributed by atoms with Crippen molar-refractivity contribution < 1.29 is 142 Å². The molecule has 604 valence electrons. The summed E-state index contributed by atoms with van der Waals surface area (Å²) in [6.07, 6.45) is -32.0. The number of rotatable bonds is 16. The van der Waals surface area contributed by atoms with E-state index in [9.17, 15) is 80.5 Å². The molecule has 36 nitrogen and oxygen atoms in total. The Morgan fingerprint density at radius 3 is 1.96 bits per heavy atom. The molecule has 5 amide bonds. The number of carboxylic acids is 1. The van der Waals surface area contributed by atoms with Crippen molar-refractivity contribution in [3.05, 3.63) is 117 Å². The number of halogens is 2. The summed E-state index contributed by atoms with van der Waals surface area (Å²) in [5, 5.41) is 148. The molecule has 21 N–H and O–H groups in total. The van der Waals surface area contributed by atoms with Gasteiger partial charge >= 0.3 is 5.97 Å². The number of nitrogens with one attached hydrogen (secondary N) is 5. The summed E-state index contributed by atoms with van der Waals surface area (Å²) in [6, 6.07) is 4.16. The lowest BCUT2D eigenvalue weighted by Crippen LogP contribution is -2.65. The molecule has 112 heavy (non-hydrogen) atoms. The topological polar surface area (TPSA) is 582 Å². The number of carboxylic acid groups (broad SMARTS) is 1. The third-order valence-electron chi connectivity index (χ3n) is 20.4. The molecule has 0 radical (unpaired) electrons. The van der Waals surface area contributed by atoms with Gasteiger partial charge in [0.2, 0.25) is 41.6 Å². The molecule has 5 aromatic rings. The number of phenolic OH excluding ortho intramolecular Hbond substituents is 3. The van der Waals surface area contributed by atoms with E-state index in [0.717, 1.165) is 60.7 Å². The smallest absolute Gasteiger partial charge is 0.330 e. The van der Waals surface area contributed by atoms with E-state index in [2.05, 4.69) is 26.6 Å². The summed E-state index contributed by atoms with van der Waals surface area (Å²) in [5.41, 5.74) is 8.34. The molecule has 5 aromatic carbocycles. The van der Waals surface area contributed by atoms with Gasteiger partial charge in [0.15, 0.2) is 48.0 Å². The van der Waals surface area contributed by atoms with Gasteiger partial charge in [-0.3, -0.25) is 33.6 Å². The summed E-state index contributed by atoms with van der Waals surface area (Å²) < 4.78 is 49.8. The maximum absolute atomic E-state index is 16.4. The first kappa shape index (κ1) is 83.6. The van der Waals surface area contributed by atoms with Crippen LogP contribution in [0.2, 0.25) is 10.0 Å².